The van der Waals surface area contributed by atoms with Crippen molar-refractivity contribution < 1.29 is 28.6 Å². The van der Waals surface area contributed by atoms with Crippen molar-refractivity contribution in [3.05, 3.63) is 76.5 Å². The van der Waals surface area contributed by atoms with Gasteiger partial charge in [0.1, 0.15) is 0 Å². The van der Waals surface area contributed by atoms with Crippen molar-refractivity contribution in [2.24, 2.45) is 0 Å². The molecule has 0 bridgehead atoms. The summed E-state index contributed by atoms with van der Waals surface area (Å²) in [6.07, 6.45) is 0. The van der Waals surface area contributed by atoms with Crippen molar-refractivity contribution in [1.82, 2.24) is 10.3 Å². The van der Waals surface area contributed by atoms with Gasteiger partial charge in [-0.2, -0.15) is 0 Å². The molecule has 1 N–H and O–H groups in total. The minimum absolute atomic E-state index is 0.243. The summed E-state index contributed by atoms with van der Waals surface area (Å²) in [5.74, 6) is -0.883. The number of hydrogen-bond acceptors (Lipinski definition) is 8. The van der Waals surface area contributed by atoms with E-state index in [0.717, 1.165) is 0 Å². The molecule has 2 heterocycles. The lowest BCUT2D eigenvalue weighted by Crippen LogP contribution is -2.33. The number of benzene rings is 2. The number of aromatic nitrogens is 1. The second kappa shape index (κ2) is 10.1. The van der Waals surface area contributed by atoms with Crippen molar-refractivity contribution in [2.75, 3.05) is 20.8 Å². The average molecular weight is 477 g/mol. The number of methoxy groups -OCH3 is 2. The van der Waals surface area contributed by atoms with Gasteiger partial charge in [-0.15, -0.1) is 11.3 Å². The molecular formula is C25H20N2O6S. The van der Waals surface area contributed by atoms with Crippen LogP contribution in [0.1, 0.15) is 20.0 Å². The first-order chi connectivity index (χ1) is 16.5. The first kappa shape index (κ1) is 22.9. The zero-order valence-electron chi connectivity index (χ0n) is 18.4. The number of nitrogens with one attached hydrogen (secondary N) is 1. The van der Waals surface area contributed by atoms with Gasteiger partial charge in [0.25, 0.3) is 11.8 Å². The Morgan fingerprint density at radius 2 is 1.74 bits per heavy atom. The van der Waals surface area contributed by atoms with E-state index in [4.69, 9.17) is 14.2 Å². The highest BCUT2D eigenvalue weighted by molar-refractivity contribution is 7.12. The summed E-state index contributed by atoms with van der Waals surface area (Å²) >= 11 is 1.20. The topological polar surface area (TPSA) is 104 Å². The molecular weight excluding hydrogens is 456 g/mol. The molecule has 172 valence electrons. The smallest absolute Gasteiger partial charge is 0.339 e. The van der Waals surface area contributed by atoms with Crippen LogP contribution in [0.2, 0.25) is 0 Å². The van der Waals surface area contributed by atoms with Crippen LogP contribution >= 0.6 is 11.3 Å². The third-order valence-corrected chi connectivity index (χ3v) is 5.82. The average Bonchev–Trinajstić information content (AvgIpc) is 3.41. The van der Waals surface area contributed by atoms with Crippen LogP contribution in [0.4, 0.5) is 0 Å². The van der Waals surface area contributed by atoms with Crippen LogP contribution in [0.3, 0.4) is 0 Å². The zero-order valence-corrected chi connectivity index (χ0v) is 19.2. The van der Waals surface area contributed by atoms with Crippen molar-refractivity contribution in [3.8, 4) is 22.8 Å². The summed E-state index contributed by atoms with van der Waals surface area (Å²) in [4.78, 5) is 42.1. The first-order valence-electron chi connectivity index (χ1n) is 10.2. The van der Waals surface area contributed by atoms with E-state index >= 15 is 0 Å². The van der Waals surface area contributed by atoms with Gasteiger partial charge in [-0.05, 0) is 41.8 Å². The molecule has 0 aliphatic rings. The number of carbonyl (C=O) groups excluding carboxylic acids is 3. The molecule has 2 aromatic heterocycles. The van der Waals surface area contributed by atoms with Gasteiger partial charge in [0, 0.05) is 10.9 Å². The number of ether oxygens (including phenoxy) is 3. The summed E-state index contributed by atoms with van der Waals surface area (Å²) in [6.45, 7) is -0.599. The SMILES string of the molecule is COc1ccc(-c2cc(C(=O)OCC(=O)NC(=O)c3cccs3)c3ccccc3n2)cc1OC. The van der Waals surface area contributed by atoms with Gasteiger partial charge in [-0.3, -0.25) is 14.9 Å². The molecule has 2 amide bonds. The fourth-order valence-corrected chi connectivity index (χ4v) is 3.95. The Balaban J connectivity index is 1.58. The standard InChI is InChI=1S/C25H20N2O6S/c1-31-20-10-9-15(12-21(20)32-2)19-13-17(16-6-3-4-7-18(16)26-19)25(30)33-14-23(28)27-24(29)22-8-5-11-34-22/h3-13H,14H2,1-2H3,(H,27,28,29). The number of amides is 2. The minimum Gasteiger partial charge on any atom is -0.493 e. The predicted octanol–water partition coefficient (Wildman–Crippen LogP) is 4.09. The van der Waals surface area contributed by atoms with Crippen LogP contribution in [0.15, 0.2) is 66.0 Å². The van der Waals surface area contributed by atoms with E-state index in [1.807, 2.05) is 6.07 Å². The minimum atomic E-state index is -0.717. The van der Waals surface area contributed by atoms with E-state index in [1.54, 1.807) is 67.1 Å². The molecule has 0 saturated carbocycles. The lowest BCUT2D eigenvalue weighted by atomic mass is 10.0. The van der Waals surface area contributed by atoms with Crippen LogP contribution in [0.5, 0.6) is 11.5 Å². The van der Waals surface area contributed by atoms with E-state index in [-0.39, 0.29) is 5.56 Å². The van der Waals surface area contributed by atoms with Gasteiger partial charge < -0.3 is 14.2 Å². The number of fused-ring (bicyclic) bond motifs is 1. The zero-order chi connectivity index (χ0) is 24.1. The molecule has 0 atom stereocenters. The molecule has 4 aromatic rings. The van der Waals surface area contributed by atoms with E-state index in [0.29, 0.717) is 38.5 Å². The number of pyridine rings is 1. The van der Waals surface area contributed by atoms with E-state index in [1.165, 1.54) is 18.4 Å². The number of thiophene rings is 1. The Morgan fingerprint density at radius 1 is 0.941 bits per heavy atom. The maximum Gasteiger partial charge on any atom is 0.339 e. The maximum absolute atomic E-state index is 12.9. The van der Waals surface area contributed by atoms with E-state index < -0.39 is 24.4 Å². The van der Waals surface area contributed by atoms with Gasteiger partial charge in [-0.25, -0.2) is 9.78 Å². The monoisotopic (exact) mass is 476 g/mol. The number of hydrogen-bond donors (Lipinski definition) is 1. The molecule has 34 heavy (non-hydrogen) atoms. The number of rotatable bonds is 7. The van der Waals surface area contributed by atoms with Crippen molar-refractivity contribution >= 4 is 40.0 Å². The highest BCUT2D eigenvalue weighted by Gasteiger charge is 2.18. The van der Waals surface area contributed by atoms with Gasteiger partial charge in [-0.1, -0.05) is 24.3 Å². The fraction of sp³-hybridized carbons (Fsp3) is 0.120. The van der Waals surface area contributed by atoms with Crippen molar-refractivity contribution in [1.29, 1.82) is 0 Å². The Morgan fingerprint density at radius 3 is 2.47 bits per heavy atom. The summed E-state index contributed by atoms with van der Waals surface area (Å²) in [7, 11) is 3.08. The highest BCUT2D eigenvalue weighted by Crippen LogP contribution is 2.33. The maximum atomic E-state index is 12.9. The lowest BCUT2D eigenvalue weighted by molar-refractivity contribution is -0.123. The lowest BCUT2D eigenvalue weighted by Gasteiger charge is -2.12. The number of esters is 1. The number of para-hydroxylation sites is 1. The summed E-state index contributed by atoms with van der Waals surface area (Å²) in [5, 5.41) is 4.51. The summed E-state index contributed by atoms with van der Waals surface area (Å²) in [6, 6.07) is 17.3. The quantitative estimate of drug-likeness (QED) is 0.401. The molecule has 0 spiro atoms. The van der Waals surface area contributed by atoms with E-state index in [2.05, 4.69) is 10.3 Å². The Hall–Kier alpha value is -4.24. The van der Waals surface area contributed by atoms with Crippen LogP contribution in [-0.2, 0) is 9.53 Å². The fourth-order valence-electron chi connectivity index (χ4n) is 3.33. The van der Waals surface area contributed by atoms with Gasteiger partial charge in [0.05, 0.1) is 35.9 Å². The van der Waals surface area contributed by atoms with Gasteiger partial charge in [0.2, 0.25) is 0 Å². The normalized spacial score (nSPS) is 10.5. The highest BCUT2D eigenvalue weighted by atomic mass is 32.1. The number of nitrogens with zero attached hydrogens (tertiary/aromatic N) is 1. The van der Waals surface area contributed by atoms with Gasteiger partial charge >= 0.3 is 5.97 Å². The number of imide groups is 1. The molecule has 9 heteroatoms. The second-order valence-electron chi connectivity index (χ2n) is 7.07. The van der Waals surface area contributed by atoms with E-state index in [9.17, 15) is 14.4 Å². The molecule has 0 unspecified atom stereocenters. The molecule has 0 fully saturated rings. The van der Waals surface area contributed by atoms with Crippen LogP contribution < -0.4 is 14.8 Å². The summed E-state index contributed by atoms with van der Waals surface area (Å²) in [5.41, 5.74) is 2.05. The molecule has 2 aromatic carbocycles. The second-order valence-corrected chi connectivity index (χ2v) is 8.02. The third-order valence-electron chi connectivity index (χ3n) is 4.95. The third kappa shape index (κ3) is 4.89. The molecule has 0 radical (unpaired) electrons. The number of carbonyl (C=O) groups is 3. The van der Waals surface area contributed by atoms with Crippen molar-refractivity contribution in [3.63, 3.8) is 0 Å². The molecule has 0 aliphatic carbocycles. The Bertz CT molecular complexity index is 1370. The largest absolute Gasteiger partial charge is 0.493 e. The molecule has 8 nitrogen and oxygen atoms in total. The van der Waals surface area contributed by atoms with Crippen LogP contribution in [0.25, 0.3) is 22.2 Å². The van der Waals surface area contributed by atoms with Gasteiger partial charge in [0.15, 0.2) is 18.1 Å². The summed E-state index contributed by atoms with van der Waals surface area (Å²) < 4.78 is 15.9. The van der Waals surface area contributed by atoms with Crippen LogP contribution in [0, 0.1) is 0 Å². The molecule has 0 saturated heterocycles. The predicted molar refractivity (Wildman–Crippen MR) is 127 cm³/mol. The Labute approximate surface area is 199 Å². The molecule has 4 rings (SSSR count). The Kier molecular flexibility index (Phi) is 6.84. The first-order valence-corrected chi connectivity index (χ1v) is 11.0. The van der Waals surface area contributed by atoms with Crippen molar-refractivity contribution in [2.45, 2.75) is 0 Å². The van der Waals surface area contributed by atoms with Crippen LogP contribution in [-0.4, -0.2) is 43.6 Å². The molecule has 0 aliphatic heterocycles.